The molecule has 6 heteroatoms. The molecule has 1 aromatic rings. The number of nitrogens with zero attached hydrogens (tertiary/aromatic N) is 1. The molecule has 3 N–H and O–H groups in total. The van der Waals surface area contributed by atoms with Crippen LogP contribution in [0.25, 0.3) is 0 Å². The van der Waals surface area contributed by atoms with Gasteiger partial charge in [0, 0.05) is 20.2 Å². The van der Waals surface area contributed by atoms with Crippen molar-refractivity contribution in [2.24, 2.45) is 5.73 Å². The predicted octanol–water partition coefficient (Wildman–Crippen LogP) is 0.835. The Hall–Kier alpha value is -1.92. The van der Waals surface area contributed by atoms with Gasteiger partial charge in [0.15, 0.2) is 0 Å². The maximum absolute atomic E-state index is 12.5. The standard InChI is InChI=1S/C15H21N3O3/c1-21-10-12(16)14(19)17-13-7-3-2-6-11(13)15(20)18-8-4-5-9-18/h2-3,6-7,12H,4-5,8-10,16H2,1H3,(H,17,19). The normalized spacial score (nSPS) is 15.8. The molecular formula is C15H21N3O3. The van der Waals surface area contributed by atoms with Crippen molar-refractivity contribution < 1.29 is 14.3 Å². The summed E-state index contributed by atoms with van der Waals surface area (Å²) in [6.07, 6.45) is 2.05. The Kier molecular flexibility index (Phi) is 5.30. The Morgan fingerprint density at radius 3 is 2.67 bits per heavy atom. The molecule has 2 rings (SSSR count). The highest BCUT2D eigenvalue weighted by Crippen LogP contribution is 2.20. The Bertz CT molecular complexity index is 513. The van der Waals surface area contributed by atoms with Crippen LogP contribution in [0.15, 0.2) is 24.3 Å². The molecule has 1 atom stereocenters. The van der Waals surface area contributed by atoms with Gasteiger partial charge in [-0.1, -0.05) is 12.1 Å². The van der Waals surface area contributed by atoms with Crippen LogP contribution in [-0.4, -0.2) is 49.6 Å². The quantitative estimate of drug-likeness (QED) is 0.841. The number of carbonyl (C=O) groups excluding carboxylic acids is 2. The molecule has 1 aliphatic rings. The Labute approximate surface area is 124 Å². The third kappa shape index (κ3) is 3.80. The first-order valence-electron chi connectivity index (χ1n) is 7.07. The molecule has 114 valence electrons. The zero-order valence-corrected chi connectivity index (χ0v) is 12.2. The fourth-order valence-corrected chi connectivity index (χ4v) is 2.35. The maximum Gasteiger partial charge on any atom is 0.255 e. The lowest BCUT2D eigenvalue weighted by molar-refractivity contribution is -0.118. The molecule has 2 amide bonds. The van der Waals surface area contributed by atoms with Gasteiger partial charge in [-0.3, -0.25) is 9.59 Å². The molecule has 1 saturated heterocycles. The number of hydrogen-bond donors (Lipinski definition) is 2. The van der Waals surface area contributed by atoms with Gasteiger partial charge in [0.25, 0.3) is 5.91 Å². The first-order chi connectivity index (χ1) is 10.1. The van der Waals surface area contributed by atoms with E-state index in [0.717, 1.165) is 25.9 Å². The molecule has 21 heavy (non-hydrogen) atoms. The second kappa shape index (κ2) is 7.19. The van der Waals surface area contributed by atoms with Crippen LogP contribution in [0.4, 0.5) is 5.69 Å². The highest BCUT2D eigenvalue weighted by molar-refractivity contribution is 6.04. The number of para-hydroxylation sites is 1. The molecular weight excluding hydrogens is 270 g/mol. The van der Waals surface area contributed by atoms with Gasteiger partial charge in [0.2, 0.25) is 5.91 Å². The number of amides is 2. The van der Waals surface area contributed by atoms with Crippen LogP contribution in [0, 0.1) is 0 Å². The number of nitrogens with two attached hydrogens (primary N) is 1. The number of benzene rings is 1. The van der Waals surface area contributed by atoms with E-state index in [2.05, 4.69) is 5.32 Å². The minimum Gasteiger partial charge on any atom is -0.383 e. The molecule has 1 unspecified atom stereocenters. The van der Waals surface area contributed by atoms with Crippen LogP contribution in [0.5, 0.6) is 0 Å². The number of carbonyl (C=O) groups is 2. The van der Waals surface area contributed by atoms with Gasteiger partial charge in [0.05, 0.1) is 17.9 Å². The topological polar surface area (TPSA) is 84.7 Å². The molecule has 0 aliphatic carbocycles. The fourth-order valence-electron chi connectivity index (χ4n) is 2.35. The van der Waals surface area contributed by atoms with Crippen molar-refractivity contribution >= 4 is 17.5 Å². The first-order valence-corrected chi connectivity index (χ1v) is 7.07. The molecule has 1 fully saturated rings. The van der Waals surface area contributed by atoms with Crippen molar-refractivity contribution in [1.82, 2.24) is 4.90 Å². The van der Waals surface area contributed by atoms with Gasteiger partial charge in [0.1, 0.15) is 6.04 Å². The van der Waals surface area contributed by atoms with Crippen molar-refractivity contribution in [2.75, 3.05) is 32.1 Å². The number of hydrogen-bond acceptors (Lipinski definition) is 4. The average Bonchev–Trinajstić information content (AvgIpc) is 3.01. The fraction of sp³-hybridized carbons (Fsp3) is 0.467. The lowest BCUT2D eigenvalue weighted by atomic mass is 10.1. The van der Waals surface area contributed by atoms with Crippen LogP contribution in [0.3, 0.4) is 0 Å². The summed E-state index contributed by atoms with van der Waals surface area (Å²) >= 11 is 0. The number of rotatable bonds is 5. The molecule has 0 spiro atoms. The summed E-state index contributed by atoms with van der Waals surface area (Å²) < 4.78 is 4.86. The molecule has 0 radical (unpaired) electrons. The van der Waals surface area contributed by atoms with Crippen LogP contribution in [0.1, 0.15) is 23.2 Å². The third-order valence-electron chi connectivity index (χ3n) is 3.49. The molecule has 1 heterocycles. The number of methoxy groups -OCH3 is 1. The molecule has 0 aromatic heterocycles. The summed E-state index contributed by atoms with van der Waals surface area (Å²) in [5.74, 6) is -0.415. The van der Waals surface area contributed by atoms with Gasteiger partial charge >= 0.3 is 0 Å². The third-order valence-corrected chi connectivity index (χ3v) is 3.49. The van der Waals surface area contributed by atoms with Gasteiger partial charge in [-0.05, 0) is 25.0 Å². The smallest absolute Gasteiger partial charge is 0.255 e. The summed E-state index contributed by atoms with van der Waals surface area (Å²) in [5, 5.41) is 2.71. The van der Waals surface area contributed by atoms with E-state index in [0.29, 0.717) is 11.3 Å². The van der Waals surface area contributed by atoms with E-state index in [1.807, 2.05) is 0 Å². The first kappa shape index (κ1) is 15.5. The van der Waals surface area contributed by atoms with Crippen LogP contribution < -0.4 is 11.1 Å². The lowest BCUT2D eigenvalue weighted by Crippen LogP contribution is -2.39. The average molecular weight is 291 g/mol. The summed E-state index contributed by atoms with van der Waals surface area (Å²) in [4.78, 5) is 26.2. The van der Waals surface area contributed by atoms with E-state index in [9.17, 15) is 9.59 Å². The van der Waals surface area contributed by atoms with Crippen molar-refractivity contribution in [2.45, 2.75) is 18.9 Å². The van der Waals surface area contributed by atoms with Crippen molar-refractivity contribution in [3.05, 3.63) is 29.8 Å². The molecule has 1 aliphatic heterocycles. The van der Waals surface area contributed by atoms with Crippen molar-refractivity contribution in [3.8, 4) is 0 Å². The predicted molar refractivity (Wildman–Crippen MR) is 80.1 cm³/mol. The van der Waals surface area contributed by atoms with E-state index >= 15 is 0 Å². The zero-order valence-electron chi connectivity index (χ0n) is 12.2. The second-order valence-corrected chi connectivity index (χ2v) is 5.10. The Morgan fingerprint density at radius 2 is 2.00 bits per heavy atom. The van der Waals surface area contributed by atoms with Gasteiger partial charge in [-0.25, -0.2) is 0 Å². The summed E-state index contributed by atoms with van der Waals surface area (Å²) in [5.41, 5.74) is 6.68. The van der Waals surface area contributed by atoms with Crippen LogP contribution in [-0.2, 0) is 9.53 Å². The van der Waals surface area contributed by atoms with E-state index in [4.69, 9.17) is 10.5 Å². The van der Waals surface area contributed by atoms with E-state index in [-0.39, 0.29) is 18.4 Å². The maximum atomic E-state index is 12.5. The number of anilines is 1. The van der Waals surface area contributed by atoms with Gasteiger partial charge < -0.3 is 20.7 Å². The summed E-state index contributed by atoms with van der Waals surface area (Å²) in [7, 11) is 1.48. The van der Waals surface area contributed by atoms with Gasteiger partial charge in [-0.2, -0.15) is 0 Å². The van der Waals surface area contributed by atoms with Gasteiger partial charge in [-0.15, -0.1) is 0 Å². The number of likely N-dealkylation sites (tertiary alicyclic amines) is 1. The van der Waals surface area contributed by atoms with Crippen LogP contribution in [0.2, 0.25) is 0 Å². The number of ether oxygens (including phenoxy) is 1. The molecule has 6 nitrogen and oxygen atoms in total. The summed E-state index contributed by atoms with van der Waals surface area (Å²) in [6.45, 7) is 1.67. The molecule has 1 aromatic carbocycles. The van der Waals surface area contributed by atoms with E-state index < -0.39 is 6.04 Å². The highest BCUT2D eigenvalue weighted by atomic mass is 16.5. The Morgan fingerprint density at radius 1 is 1.33 bits per heavy atom. The van der Waals surface area contributed by atoms with E-state index in [1.165, 1.54) is 7.11 Å². The minimum absolute atomic E-state index is 0.0521. The number of nitrogens with one attached hydrogen (secondary N) is 1. The minimum atomic E-state index is -0.759. The lowest BCUT2D eigenvalue weighted by Gasteiger charge is -2.18. The zero-order chi connectivity index (χ0) is 15.2. The van der Waals surface area contributed by atoms with E-state index in [1.54, 1.807) is 29.2 Å². The molecule has 0 bridgehead atoms. The van der Waals surface area contributed by atoms with Crippen molar-refractivity contribution in [3.63, 3.8) is 0 Å². The summed E-state index contributed by atoms with van der Waals surface area (Å²) in [6, 6.07) is 6.23. The SMILES string of the molecule is COCC(N)C(=O)Nc1ccccc1C(=O)N1CCCC1. The van der Waals surface area contributed by atoms with Crippen LogP contribution >= 0.6 is 0 Å². The van der Waals surface area contributed by atoms with Crippen molar-refractivity contribution in [1.29, 1.82) is 0 Å². The highest BCUT2D eigenvalue weighted by Gasteiger charge is 2.23. The second-order valence-electron chi connectivity index (χ2n) is 5.10. The molecule has 0 saturated carbocycles. The Balaban J connectivity index is 2.13. The monoisotopic (exact) mass is 291 g/mol. The largest absolute Gasteiger partial charge is 0.383 e.